The van der Waals surface area contributed by atoms with Gasteiger partial charge >= 0.3 is 16.4 Å². The lowest BCUT2D eigenvalue weighted by molar-refractivity contribution is -0.137. The second kappa shape index (κ2) is 10.4. The standard InChI is InChI=1S/C24H23F4N3O3S/c1-30(2)35(33,34)31(22-9-4-3-8-21(22)25)16-17-10-12-19(13-11-17)23(32)29-15-18-6-5-7-20(14-18)24(26,27)28/h3-14H,15-16H2,1-2H3,(H,29,32). The predicted octanol–water partition coefficient (Wildman–Crippen LogP) is 4.59. The van der Waals surface area contributed by atoms with Crippen LogP contribution in [0.15, 0.2) is 72.8 Å². The van der Waals surface area contributed by atoms with Crippen molar-refractivity contribution in [3.8, 4) is 0 Å². The number of carbonyl (C=O) groups excluding carboxylic acids is 1. The number of nitrogens with one attached hydrogen (secondary N) is 1. The van der Waals surface area contributed by atoms with Crippen LogP contribution < -0.4 is 9.62 Å². The Morgan fingerprint density at radius 3 is 2.17 bits per heavy atom. The van der Waals surface area contributed by atoms with E-state index in [4.69, 9.17) is 0 Å². The molecule has 0 atom stereocenters. The number of rotatable bonds is 8. The van der Waals surface area contributed by atoms with Crippen molar-refractivity contribution in [2.45, 2.75) is 19.3 Å². The first-order chi connectivity index (χ1) is 16.4. The van der Waals surface area contributed by atoms with Crippen LogP contribution in [-0.4, -0.2) is 32.7 Å². The van der Waals surface area contributed by atoms with Crippen molar-refractivity contribution in [1.82, 2.24) is 9.62 Å². The van der Waals surface area contributed by atoms with E-state index in [0.29, 0.717) is 11.1 Å². The molecule has 3 rings (SSSR count). The number of anilines is 1. The van der Waals surface area contributed by atoms with Crippen LogP contribution in [0, 0.1) is 5.82 Å². The van der Waals surface area contributed by atoms with Crippen molar-refractivity contribution in [2.24, 2.45) is 0 Å². The molecule has 1 amide bonds. The highest BCUT2D eigenvalue weighted by atomic mass is 32.2. The minimum atomic E-state index is -4.48. The van der Waals surface area contributed by atoms with Crippen LogP contribution in [0.4, 0.5) is 23.2 Å². The van der Waals surface area contributed by atoms with Crippen molar-refractivity contribution < 1.29 is 30.8 Å². The number of carbonyl (C=O) groups is 1. The molecule has 11 heteroatoms. The van der Waals surface area contributed by atoms with E-state index >= 15 is 0 Å². The van der Waals surface area contributed by atoms with Gasteiger partial charge in [0.25, 0.3) is 5.91 Å². The number of para-hydroxylation sites is 1. The van der Waals surface area contributed by atoms with Gasteiger partial charge in [-0.25, -0.2) is 4.39 Å². The molecular weight excluding hydrogens is 486 g/mol. The number of hydrogen-bond acceptors (Lipinski definition) is 3. The largest absolute Gasteiger partial charge is 0.416 e. The summed E-state index contributed by atoms with van der Waals surface area (Å²) in [6.07, 6.45) is -4.48. The molecule has 0 aliphatic rings. The van der Waals surface area contributed by atoms with Crippen molar-refractivity contribution in [3.63, 3.8) is 0 Å². The van der Waals surface area contributed by atoms with Gasteiger partial charge in [0, 0.05) is 26.2 Å². The molecule has 1 N–H and O–H groups in total. The van der Waals surface area contributed by atoms with Gasteiger partial charge in [-0.05, 0) is 47.5 Å². The third-order valence-corrected chi connectivity index (χ3v) is 6.92. The summed E-state index contributed by atoms with van der Waals surface area (Å²) in [7, 11) is -1.36. The molecule has 0 spiro atoms. The van der Waals surface area contributed by atoms with Crippen molar-refractivity contribution in [2.75, 3.05) is 18.4 Å². The fourth-order valence-electron chi connectivity index (χ4n) is 3.21. The number of benzene rings is 3. The first-order valence-corrected chi connectivity index (χ1v) is 11.8. The molecule has 35 heavy (non-hydrogen) atoms. The second-order valence-electron chi connectivity index (χ2n) is 7.83. The Morgan fingerprint density at radius 1 is 0.914 bits per heavy atom. The van der Waals surface area contributed by atoms with Crippen LogP contribution in [0.3, 0.4) is 0 Å². The number of halogens is 4. The summed E-state index contributed by atoms with van der Waals surface area (Å²) < 4.78 is 80.5. The summed E-state index contributed by atoms with van der Waals surface area (Å²) in [6.45, 7) is -0.291. The second-order valence-corrected chi connectivity index (χ2v) is 9.89. The van der Waals surface area contributed by atoms with E-state index in [-0.39, 0.29) is 24.3 Å². The highest BCUT2D eigenvalue weighted by Crippen LogP contribution is 2.29. The zero-order valence-corrected chi connectivity index (χ0v) is 19.7. The Balaban J connectivity index is 1.74. The van der Waals surface area contributed by atoms with Crippen molar-refractivity contribution >= 4 is 21.8 Å². The van der Waals surface area contributed by atoms with Gasteiger partial charge in [-0.1, -0.05) is 36.4 Å². The topological polar surface area (TPSA) is 69.7 Å². The number of amides is 1. The molecule has 3 aromatic carbocycles. The van der Waals surface area contributed by atoms with E-state index in [1.807, 2.05) is 0 Å². The third kappa shape index (κ3) is 6.37. The number of alkyl halides is 3. The van der Waals surface area contributed by atoms with E-state index in [1.165, 1.54) is 68.7 Å². The van der Waals surface area contributed by atoms with Gasteiger partial charge in [0.05, 0.1) is 17.8 Å². The maximum atomic E-state index is 14.4. The Labute approximate surface area is 201 Å². The molecule has 0 bridgehead atoms. The van der Waals surface area contributed by atoms with Gasteiger partial charge in [-0.2, -0.15) is 25.9 Å². The average Bonchev–Trinajstić information content (AvgIpc) is 2.81. The molecular formula is C24H23F4N3O3S. The summed E-state index contributed by atoms with van der Waals surface area (Å²) >= 11 is 0. The lowest BCUT2D eigenvalue weighted by Crippen LogP contribution is -2.40. The highest BCUT2D eigenvalue weighted by molar-refractivity contribution is 7.90. The Hall–Kier alpha value is -3.44. The molecule has 3 aromatic rings. The van der Waals surface area contributed by atoms with Crippen LogP contribution >= 0.6 is 0 Å². The van der Waals surface area contributed by atoms with Gasteiger partial charge in [0.1, 0.15) is 5.82 Å². The van der Waals surface area contributed by atoms with Gasteiger partial charge in [-0.3, -0.25) is 9.10 Å². The quantitative estimate of drug-likeness (QED) is 0.452. The molecule has 0 saturated carbocycles. The Bertz CT molecular complexity index is 1290. The van der Waals surface area contributed by atoms with Crippen molar-refractivity contribution in [1.29, 1.82) is 0 Å². The zero-order chi connectivity index (χ0) is 25.8. The SMILES string of the molecule is CN(C)S(=O)(=O)N(Cc1ccc(C(=O)NCc2cccc(C(F)(F)F)c2)cc1)c1ccccc1F. The van der Waals surface area contributed by atoms with E-state index in [0.717, 1.165) is 26.8 Å². The summed E-state index contributed by atoms with van der Waals surface area (Å²) in [6, 6.07) is 16.1. The lowest BCUT2D eigenvalue weighted by Gasteiger charge is -2.27. The molecule has 0 aromatic heterocycles. The summed E-state index contributed by atoms with van der Waals surface area (Å²) in [4.78, 5) is 12.5. The molecule has 0 aliphatic heterocycles. The molecule has 0 unspecified atom stereocenters. The Kier molecular flexibility index (Phi) is 7.81. The summed E-state index contributed by atoms with van der Waals surface area (Å²) in [5.74, 6) is -1.22. The van der Waals surface area contributed by atoms with Gasteiger partial charge in [0.2, 0.25) is 0 Å². The Morgan fingerprint density at radius 2 is 1.57 bits per heavy atom. The number of hydrogen-bond donors (Lipinski definition) is 1. The van der Waals surface area contributed by atoms with Crippen molar-refractivity contribution in [3.05, 3.63) is 101 Å². The lowest BCUT2D eigenvalue weighted by atomic mass is 10.1. The molecule has 6 nitrogen and oxygen atoms in total. The normalized spacial score (nSPS) is 12.0. The predicted molar refractivity (Wildman–Crippen MR) is 124 cm³/mol. The highest BCUT2D eigenvalue weighted by Gasteiger charge is 2.30. The molecule has 0 heterocycles. The first kappa shape index (κ1) is 26.2. The maximum absolute atomic E-state index is 14.4. The summed E-state index contributed by atoms with van der Waals surface area (Å²) in [5, 5.41) is 2.56. The maximum Gasteiger partial charge on any atom is 0.416 e. The van der Waals surface area contributed by atoms with Crippen LogP contribution in [0.25, 0.3) is 0 Å². The first-order valence-electron chi connectivity index (χ1n) is 10.4. The monoisotopic (exact) mass is 509 g/mol. The van der Waals surface area contributed by atoms with Gasteiger partial charge in [0.15, 0.2) is 0 Å². The van der Waals surface area contributed by atoms with Gasteiger partial charge in [-0.15, -0.1) is 0 Å². The minimum Gasteiger partial charge on any atom is -0.348 e. The molecule has 0 fully saturated rings. The van der Waals surface area contributed by atoms with Crippen LogP contribution in [-0.2, 0) is 29.5 Å². The fraction of sp³-hybridized carbons (Fsp3) is 0.208. The average molecular weight is 510 g/mol. The number of nitrogens with zero attached hydrogens (tertiary/aromatic N) is 2. The van der Waals surface area contributed by atoms with Crippen LogP contribution in [0.2, 0.25) is 0 Å². The van der Waals surface area contributed by atoms with E-state index < -0.39 is 33.7 Å². The molecule has 0 saturated heterocycles. The van der Waals surface area contributed by atoms with E-state index in [2.05, 4.69) is 5.32 Å². The van der Waals surface area contributed by atoms with E-state index in [1.54, 1.807) is 0 Å². The zero-order valence-electron chi connectivity index (χ0n) is 18.9. The van der Waals surface area contributed by atoms with E-state index in [9.17, 15) is 30.8 Å². The summed E-state index contributed by atoms with van der Waals surface area (Å²) in [5.41, 5.74) is 0.0887. The molecule has 0 radical (unpaired) electrons. The molecule has 0 aliphatic carbocycles. The third-order valence-electron chi connectivity index (χ3n) is 5.11. The van der Waals surface area contributed by atoms with Gasteiger partial charge < -0.3 is 5.32 Å². The van der Waals surface area contributed by atoms with Crippen LogP contribution in [0.5, 0.6) is 0 Å². The fourth-order valence-corrected chi connectivity index (χ4v) is 4.31. The van der Waals surface area contributed by atoms with Crippen LogP contribution in [0.1, 0.15) is 27.0 Å². The smallest absolute Gasteiger partial charge is 0.348 e. The molecule has 186 valence electrons. The minimum absolute atomic E-state index is 0.105.